The summed E-state index contributed by atoms with van der Waals surface area (Å²) < 4.78 is 5.80. The molecule has 0 aliphatic heterocycles. The van der Waals surface area contributed by atoms with Crippen LogP contribution in [0.5, 0.6) is 5.75 Å². The number of aryl methyl sites for hydroxylation is 1. The van der Waals surface area contributed by atoms with Crippen LogP contribution in [0.3, 0.4) is 0 Å². The molecule has 2 aromatic carbocycles. The number of halogens is 2. The molecule has 2 rings (SSSR count). The van der Waals surface area contributed by atoms with E-state index in [0.29, 0.717) is 34.3 Å². The van der Waals surface area contributed by atoms with Gasteiger partial charge in [-0.1, -0.05) is 48.3 Å². The Bertz CT molecular complexity index is 882. The maximum absolute atomic E-state index is 13.2. The summed E-state index contributed by atoms with van der Waals surface area (Å²) in [4.78, 5) is 27.3. The lowest BCUT2D eigenvalue weighted by Gasteiger charge is -2.31. The summed E-state index contributed by atoms with van der Waals surface area (Å²) in [5.74, 6) is 0.110. The van der Waals surface area contributed by atoms with Gasteiger partial charge in [-0.3, -0.25) is 9.59 Å². The molecule has 0 radical (unpaired) electrons. The molecule has 0 aliphatic rings. The lowest BCUT2D eigenvalue weighted by Crippen LogP contribution is -2.50. The minimum atomic E-state index is -0.660. The number of hydrogen-bond acceptors (Lipinski definition) is 3. The molecular formula is C23H28Cl2N2O3. The smallest absolute Gasteiger partial charge is 0.261 e. The van der Waals surface area contributed by atoms with Crippen LogP contribution in [-0.4, -0.2) is 35.9 Å². The largest absolute Gasteiger partial charge is 0.483 e. The van der Waals surface area contributed by atoms with Crippen LogP contribution >= 0.6 is 23.2 Å². The molecule has 7 heteroatoms. The predicted molar refractivity (Wildman–Crippen MR) is 121 cm³/mol. The monoisotopic (exact) mass is 450 g/mol. The number of carbonyl (C=O) groups excluding carboxylic acids is 2. The van der Waals surface area contributed by atoms with Crippen LogP contribution in [0.4, 0.5) is 0 Å². The Morgan fingerprint density at radius 3 is 2.30 bits per heavy atom. The quantitative estimate of drug-likeness (QED) is 0.588. The van der Waals surface area contributed by atoms with Gasteiger partial charge in [0.15, 0.2) is 6.61 Å². The maximum atomic E-state index is 13.2. The van der Waals surface area contributed by atoms with Gasteiger partial charge in [-0.25, -0.2) is 0 Å². The second-order valence-corrected chi connectivity index (χ2v) is 7.84. The summed E-state index contributed by atoms with van der Waals surface area (Å²) in [6.07, 6.45) is 0.448. The van der Waals surface area contributed by atoms with Crippen molar-refractivity contribution in [3.8, 4) is 5.75 Å². The Morgan fingerprint density at radius 2 is 1.70 bits per heavy atom. The number of amides is 2. The van der Waals surface area contributed by atoms with E-state index in [1.54, 1.807) is 18.2 Å². The first-order valence-electron chi connectivity index (χ1n) is 9.99. The van der Waals surface area contributed by atoms with E-state index >= 15 is 0 Å². The summed E-state index contributed by atoms with van der Waals surface area (Å²) in [5.41, 5.74) is 2.65. The zero-order chi connectivity index (χ0) is 22.3. The topological polar surface area (TPSA) is 58.6 Å². The van der Waals surface area contributed by atoms with E-state index in [2.05, 4.69) is 5.32 Å². The third-order valence-electron chi connectivity index (χ3n) is 5.03. The van der Waals surface area contributed by atoms with Crippen LogP contribution in [-0.2, 0) is 16.1 Å². The molecule has 5 nitrogen and oxygen atoms in total. The Kier molecular flexibility index (Phi) is 9.00. The lowest BCUT2D eigenvalue weighted by molar-refractivity contribution is -0.142. The van der Waals surface area contributed by atoms with Crippen molar-refractivity contribution in [2.45, 2.75) is 46.7 Å². The number of likely N-dealkylation sites (N-methyl/N-ethyl adjacent to an activating group) is 1. The van der Waals surface area contributed by atoms with Crippen LogP contribution < -0.4 is 10.1 Å². The Labute approximate surface area is 188 Å². The highest BCUT2D eigenvalue weighted by Gasteiger charge is 2.29. The van der Waals surface area contributed by atoms with E-state index < -0.39 is 6.04 Å². The number of rotatable bonds is 9. The average Bonchev–Trinajstić information content (AvgIpc) is 2.71. The molecule has 1 N–H and O–H groups in total. The number of nitrogens with one attached hydrogen (secondary N) is 1. The molecule has 0 heterocycles. The fourth-order valence-electron chi connectivity index (χ4n) is 3.17. The molecule has 0 fully saturated rings. The Morgan fingerprint density at radius 1 is 1.07 bits per heavy atom. The van der Waals surface area contributed by atoms with E-state index in [0.717, 1.165) is 11.1 Å². The standard InChI is InChI=1S/C23H28Cl2N2O3/c1-5-20(23(29)26-6-2)27(13-17-18(24)10-8-11-19(17)25)22(28)14-30-21-12-7-9-15(3)16(21)4/h7-12,20H,5-6,13-14H2,1-4H3,(H,26,29). The molecule has 1 unspecified atom stereocenters. The SMILES string of the molecule is CCNC(=O)C(CC)N(Cc1c(Cl)cccc1Cl)C(=O)COc1cccc(C)c1C. The van der Waals surface area contributed by atoms with E-state index in [-0.39, 0.29) is 25.0 Å². The van der Waals surface area contributed by atoms with E-state index in [4.69, 9.17) is 27.9 Å². The van der Waals surface area contributed by atoms with Gasteiger partial charge in [0.1, 0.15) is 11.8 Å². The highest BCUT2D eigenvalue weighted by molar-refractivity contribution is 6.36. The molecule has 0 saturated heterocycles. The van der Waals surface area contributed by atoms with Crippen molar-refractivity contribution in [1.82, 2.24) is 10.2 Å². The minimum absolute atomic E-state index is 0.114. The van der Waals surface area contributed by atoms with Crippen molar-refractivity contribution in [1.29, 1.82) is 0 Å². The van der Waals surface area contributed by atoms with Gasteiger partial charge in [-0.15, -0.1) is 0 Å². The highest BCUT2D eigenvalue weighted by Crippen LogP contribution is 2.27. The summed E-state index contributed by atoms with van der Waals surface area (Å²) in [5, 5.41) is 3.69. The van der Waals surface area contributed by atoms with Crippen molar-refractivity contribution in [3.05, 3.63) is 63.1 Å². The van der Waals surface area contributed by atoms with E-state index in [1.807, 2.05) is 45.9 Å². The van der Waals surface area contributed by atoms with Crippen LogP contribution in [0.2, 0.25) is 10.0 Å². The number of benzene rings is 2. The minimum Gasteiger partial charge on any atom is -0.483 e. The summed E-state index contributed by atoms with van der Waals surface area (Å²) >= 11 is 12.6. The molecule has 2 aromatic rings. The fourth-order valence-corrected chi connectivity index (χ4v) is 3.69. The zero-order valence-electron chi connectivity index (χ0n) is 17.8. The molecule has 0 aliphatic carbocycles. The van der Waals surface area contributed by atoms with Gasteiger partial charge in [0.25, 0.3) is 5.91 Å². The molecule has 30 heavy (non-hydrogen) atoms. The second-order valence-electron chi connectivity index (χ2n) is 7.03. The summed E-state index contributed by atoms with van der Waals surface area (Å²) in [7, 11) is 0. The Balaban J connectivity index is 2.30. The van der Waals surface area contributed by atoms with Crippen molar-refractivity contribution in [2.75, 3.05) is 13.2 Å². The van der Waals surface area contributed by atoms with Crippen LogP contribution in [0.25, 0.3) is 0 Å². The average molecular weight is 451 g/mol. The van der Waals surface area contributed by atoms with Crippen molar-refractivity contribution in [2.24, 2.45) is 0 Å². The Hall–Kier alpha value is -2.24. The number of ether oxygens (including phenoxy) is 1. The summed E-state index contributed by atoms with van der Waals surface area (Å²) in [6.45, 7) is 8.03. The first-order chi connectivity index (χ1) is 14.3. The molecule has 0 aromatic heterocycles. The third-order valence-corrected chi connectivity index (χ3v) is 5.74. The normalized spacial score (nSPS) is 11.7. The van der Waals surface area contributed by atoms with Gasteiger partial charge in [0, 0.05) is 28.7 Å². The molecular weight excluding hydrogens is 423 g/mol. The first kappa shape index (κ1) is 24.0. The van der Waals surface area contributed by atoms with Crippen molar-refractivity contribution >= 4 is 35.0 Å². The van der Waals surface area contributed by atoms with Crippen molar-refractivity contribution < 1.29 is 14.3 Å². The maximum Gasteiger partial charge on any atom is 0.261 e. The molecule has 0 bridgehead atoms. The van der Waals surface area contributed by atoms with Gasteiger partial charge in [-0.2, -0.15) is 0 Å². The first-order valence-corrected chi connectivity index (χ1v) is 10.7. The molecule has 162 valence electrons. The van der Waals surface area contributed by atoms with E-state index in [9.17, 15) is 9.59 Å². The summed E-state index contributed by atoms with van der Waals surface area (Å²) in [6, 6.07) is 10.2. The highest BCUT2D eigenvalue weighted by atomic mass is 35.5. The van der Waals surface area contributed by atoms with Gasteiger partial charge in [0.2, 0.25) is 5.91 Å². The molecule has 0 saturated carbocycles. The fraction of sp³-hybridized carbons (Fsp3) is 0.391. The molecule has 1 atom stereocenters. The van der Waals surface area contributed by atoms with E-state index in [1.165, 1.54) is 4.90 Å². The van der Waals surface area contributed by atoms with Gasteiger partial charge in [0.05, 0.1) is 0 Å². The van der Waals surface area contributed by atoms with Crippen LogP contribution in [0.1, 0.15) is 37.0 Å². The van der Waals surface area contributed by atoms with Gasteiger partial charge >= 0.3 is 0 Å². The predicted octanol–water partition coefficient (Wildman–Crippen LogP) is 4.93. The lowest BCUT2D eigenvalue weighted by atomic mass is 10.1. The number of carbonyl (C=O) groups is 2. The van der Waals surface area contributed by atoms with Gasteiger partial charge < -0.3 is 15.0 Å². The second kappa shape index (κ2) is 11.2. The number of nitrogens with zero attached hydrogens (tertiary/aromatic N) is 1. The molecule has 2 amide bonds. The third kappa shape index (κ3) is 5.89. The van der Waals surface area contributed by atoms with Crippen LogP contribution in [0.15, 0.2) is 36.4 Å². The van der Waals surface area contributed by atoms with Crippen molar-refractivity contribution in [3.63, 3.8) is 0 Å². The molecule has 0 spiro atoms. The zero-order valence-corrected chi connectivity index (χ0v) is 19.3. The van der Waals surface area contributed by atoms with Gasteiger partial charge in [-0.05, 0) is 56.5 Å². The number of hydrogen-bond donors (Lipinski definition) is 1. The van der Waals surface area contributed by atoms with Crippen LogP contribution in [0, 0.1) is 13.8 Å².